The highest BCUT2D eigenvalue weighted by Gasteiger charge is 2.16. The largest absolute Gasteiger partial charge is 0.377 e. The summed E-state index contributed by atoms with van der Waals surface area (Å²) < 4.78 is 5.58. The van der Waals surface area contributed by atoms with Gasteiger partial charge < -0.3 is 9.64 Å². The molecule has 0 aromatic heterocycles. The molecule has 3 heteroatoms. The zero-order chi connectivity index (χ0) is 12.0. The average molecular weight is 228 g/mol. The minimum Gasteiger partial charge on any atom is -0.377 e. The van der Waals surface area contributed by atoms with Crippen molar-refractivity contribution >= 4 is 0 Å². The van der Waals surface area contributed by atoms with E-state index in [-0.39, 0.29) is 0 Å². The van der Waals surface area contributed by atoms with Crippen LogP contribution < -0.4 is 0 Å². The molecule has 1 fully saturated rings. The topological polar surface area (TPSA) is 15.7 Å². The molecule has 0 unspecified atom stereocenters. The van der Waals surface area contributed by atoms with Crippen LogP contribution in [0.2, 0.25) is 0 Å². The van der Waals surface area contributed by atoms with Crippen LogP contribution in [0.4, 0.5) is 0 Å². The van der Waals surface area contributed by atoms with Crippen LogP contribution in [0.5, 0.6) is 0 Å². The molecule has 0 aromatic carbocycles. The average Bonchev–Trinajstić information content (AvgIpc) is 2.19. The van der Waals surface area contributed by atoms with Crippen molar-refractivity contribution in [2.75, 3.05) is 45.9 Å². The number of hydrogen-bond acceptors (Lipinski definition) is 3. The van der Waals surface area contributed by atoms with Crippen LogP contribution in [-0.4, -0.2) is 61.8 Å². The molecule has 3 nitrogen and oxygen atoms in total. The van der Waals surface area contributed by atoms with Crippen LogP contribution in [0.15, 0.2) is 0 Å². The maximum atomic E-state index is 5.58. The van der Waals surface area contributed by atoms with Crippen molar-refractivity contribution in [3.05, 3.63) is 0 Å². The lowest BCUT2D eigenvalue weighted by molar-refractivity contribution is 0.0433. The van der Waals surface area contributed by atoms with E-state index in [1.807, 2.05) is 0 Å². The molecule has 0 aromatic rings. The van der Waals surface area contributed by atoms with E-state index < -0.39 is 0 Å². The summed E-state index contributed by atoms with van der Waals surface area (Å²) in [6.45, 7) is 16.8. The Morgan fingerprint density at radius 3 is 2.00 bits per heavy atom. The van der Waals surface area contributed by atoms with E-state index >= 15 is 0 Å². The van der Waals surface area contributed by atoms with Crippen LogP contribution in [0.3, 0.4) is 0 Å². The third-order valence-corrected chi connectivity index (χ3v) is 2.95. The third kappa shape index (κ3) is 5.83. The Hall–Kier alpha value is -0.120. The molecule has 16 heavy (non-hydrogen) atoms. The Balaban J connectivity index is 2.07. The van der Waals surface area contributed by atoms with Gasteiger partial charge in [-0.3, -0.25) is 4.90 Å². The molecule has 1 aliphatic heterocycles. The molecule has 1 heterocycles. The van der Waals surface area contributed by atoms with Gasteiger partial charge in [0.05, 0.1) is 12.7 Å². The summed E-state index contributed by atoms with van der Waals surface area (Å²) in [5.41, 5.74) is 0. The Kier molecular flexibility index (Phi) is 6.32. The summed E-state index contributed by atoms with van der Waals surface area (Å²) in [7, 11) is 0. The summed E-state index contributed by atoms with van der Waals surface area (Å²) in [6.07, 6.45) is 0.363. The molecular weight excluding hydrogens is 200 g/mol. The lowest BCUT2D eigenvalue weighted by atomic mass is 10.2. The van der Waals surface area contributed by atoms with E-state index in [0.29, 0.717) is 6.10 Å². The lowest BCUT2D eigenvalue weighted by Gasteiger charge is -2.35. The standard InChI is InChI=1S/C13H28N2O/c1-12(2)11-15-7-5-14(6-8-15)9-10-16-13(3)4/h12-13H,5-11H2,1-4H3. The molecule has 1 aliphatic rings. The first-order valence-corrected chi connectivity index (χ1v) is 6.64. The smallest absolute Gasteiger partial charge is 0.0596 e. The second-order valence-electron chi connectivity index (χ2n) is 5.46. The lowest BCUT2D eigenvalue weighted by Crippen LogP contribution is -2.48. The molecular formula is C13H28N2O. The normalized spacial score (nSPS) is 19.9. The van der Waals surface area contributed by atoms with Crippen molar-refractivity contribution in [3.63, 3.8) is 0 Å². The van der Waals surface area contributed by atoms with Crippen molar-refractivity contribution in [1.82, 2.24) is 9.80 Å². The predicted octanol–water partition coefficient (Wildman–Crippen LogP) is 1.69. The summed E-state index contributed by atoms with van der Waals surface area (Å²) in [6, 6.07) is 0. The molecule has 0 atom stereocenters. The van der Waals surface area contributed by atoms with Gasteiger partial charge in [0.2, 0.25) is 0 Å². The first-order chi connectivity index (χ1) is 7.58. The number of hydrogen-bond donors (Lipinski definition) is 0. The van der Waals surface area contributed by atoms with Crippen LogP contribution in [0, 0.1) is 5.92 Å². The van der Waals surface area contributed by atoms with E-state index in [4.69, 9.17) is 4.74 Å². The van der Waals surface area contributed by atoms with Crippen LogP contribution in [-0.2, 0) is 4.74 Å². The van der Waals surface area contributed by atoms with Crippen molar-refractivity contribution in [2.24, 2.45) is 5.92 Å². The van der Waals surface area contributed by atoms with Crippen molar-refractivity contribution in [2.45, 2.75) is 33.8 Å². The molecule has 1 saturated heterocycles. The van der Waals surface area contributed by atoms with E-state index in [2.05, 4.69) is 37.5 Å². The highest BCUT2D eigenvalue weighted by atomic mass is 16.5. The van der Waals surface area contributed by atoms with Crippen LogP contribution in [0.1, 0.15) is 27.7 Å². The highest BCUT2D eigenvalue weighted by molar-refractivity contribution is 4.72. The van der Waals surface area contributed by atoms with Gasteiger partial charge in [0.1, 0.15) is 0 Å². The number of rotatable bonds is 6. The van der Waals surface area contributed by atoms with E-state index in [1.165, 1.54) is 32.7 Å². The maximum Gasteiger partial charge on any atom is 0.0596 e. The van der Waals surface area contributed by atoms with Gasteiger partial charge in [0.15, 0.2) is 0 Å². The Labute approximate surface area is 101 Å². The highest BCUT2D eigenvalue weighted by Crippen LogP contribution is 2.05. The SMILES string of the molecule is CC(C)CN1CCN(CCOC(C)C)CC1. The van der Waals surface area contributed by atoms with E-state index in [9.17, 15) is 0 Å². The Morgan fingerprint density at radius 2 is 1.50 bits per heavy atom. The fourth-order valence-electron chi connectivity index (χ4n) is 2.13. The Bertz CT molecular complexity index is 175. The summed E-state index contributed by atoms with van der Waals surface area (Å²) in [5.74, 6) is 0.788. The number of piperazine rings is 1. The molecule has 0 N–H and O–H groups in total. The van der Waals surface area contributed by atoms with Crippen LogP contribution >= 0.6 is 0 Å². The fraction of sp³-hybridized carbons (Fsp3) is 1.00. The van der Waals surface area contributed by atoms with Gasteiger partial charge >= 0.3 is 0 Å². The van der Waals surface area contributed by atoms with Gasteiger partial charge in [-0.2, -0.15) is 0 Å². The zero-order valence-electron chi connectivity index (χ0n) is 11.4. The molecule has 1 rings (SSSR count). The maximum absolute atomic E-state index is 5.58. The van der Waals surface area contributed by atoms with Crippen molar-refractivity contribution in [3.8, 4) is 0 Å². The predicted molar refractivity (Wildman–Crippen MR) is 68.8 cm³/mol. The summed E-state index contributed by atoms with van der Waals surface area (Å²) >= 11 is 0. The van der Waals surface area contributed by atoms with Gasteiger partial charge in [0.25, 0.3) is 0 Å². The quantitative estimate of drug-likeness (QED) is 0.688. The van der Waals surface area contributed by atoms with Gasteiger partial charge in [-0.15, -0.1) is 0 Å². The summed E-state index contributed by atoms with van der Waals surface area (Å²) in [5, 5.41) is 0. The minimum absolute atomic E-state index is 0.363. The first-order valence-electron chi connectivity index (χ1n) is 6.64. The second kappa shape index (κ2) is 7.25. The molecule has 0 amide bonds. The van der Waals surface area contributed by atoms with Gasteiger partial charge in [0, 0.05) is 39.3 Å². The number of ether oxygens (including phenoxy) is 1. The first kappa shape index (κ1) is 13.9. The summed E-state index contributed by atoms with van der Waals surface area (Å²) in [4.78, 5) is 5.09. The molecule has 0 saturated carbocycles. The molecule has 0 spiro atoms. The van der Waals surface area contributed by atoms with E-state index in [1.54, 1.807) is 0 Å². The minimum atomic E-state index is 0.363. The molecule has 0 radical (unpaired) electrons. The third-order valence-electron chi connectivity index (χ3n) is 2.95. The monoisotopic (exact) mass is 228 g/mol. The van der Waals surface area contributed by atoms with Crippen molar-refractivity contribution < 1.29 is 4.74 Å². The Morgan fingerprint density at radius 1 is 0.938 bits per heavy atom. The zero-order valence-corrected chi connectivity index (χ0v) is 11.4. The second-order valence-corrected chi connectivity index (χ2v) is 5.46. The molecule has 0 bridgehead atoms. The van der Waals surface area contributed by atoms with Gasteiger partial charge in [-0.05, 0) is 19.8 Å². The fourth-order valence-corrected chi connectivity index (χ4v) is 2.13. The van der Waals surface area contributed by atoms with Crippen molar-refractivity contribution in [1.29, 1.82) is 0 Å². The molecule has 0 aliphatic carbocycles. The van der Waals surface area contributed by atoms with E-state index in [0.717, 1.165) is 19.1 Å². The van der Waals surface area contributed by atoms with Gasteiger partial charge in [-0.1, -0.05) is 13.8 Å². The van der Waals surface area contributed by atoms with Gasteiger partial charge in [-0.25, -0.2) is 0 Å². The van der Waals surface area contributed by atoms with Crippen LogP contribution in [0.25, 0.3) is 0 Å². The molecule has 96 valence electrons. The number of nitrogens with zero attached hydrogens (tertiary/aromatic N) is 2.